The third-order valence-corrected chi connectivity index (χ3v) is 6.25. The molecule has 27 heavy (non-hydrogen) atoms. The Hall–Kier alpha value is -2.51. The molecular weight excluding hydrogens is 378 g/mol. The van der Waals surface area contributed by atoms with Gasteiger partial charge in [-0.15, -0.1) is 22.7 Å². The molecule has 5 nitrogen and oxygen atoms in total. The molecule has 0 N–H and O–H groups in total. The number of nitrogens with zero attached hydrogens (tertiary/aromatic N) is 3. The van der Waals surface area contributed by atoms with Gasteiger partial charge in [-0.3, -0.25) is 9.59 Å². The largest absolute Gasteiger partial charge is 0.341 e. The van der Waals surface area contributed by atoms with Crippen LogP contribution in [-0.2, 0) is 6.42 Å². The molecule has 0 saturated carbocycles. The van der Waals surface area contributed by atoms with Gasteiger partial charge >= 0.3 is 0 Å². The van der Waals surface area contributed by atoms with Gasteiger partial charge in [0, 0.05) is 31.9 Å². The molecule has 2 amide bonds. The lowest BCUT2D eigenvalue weighted by molar-refractivity contribution is 0.0797. The Morgan fingerprint density at radius 1 is 1.04 bits per heavy atom. The minimum atomic E-state index is -0.117. The SMILES string of the molecule is Cc1ncsc1CCN(C)C(=O)c1ccccc1N(C)C(=O)c1cccs1. The summed E-state index contributed by atoms with van der Waals surface area (Å²) in [4.78, 5) is 35.0. The van der Waals surface area contributed by atoms with Crippen molar-refractivity contribution in [2.75, 3.05) is 25.5 Å². The normalized spacial score (nSPS) is 10.6. The number of thiazole rings is 1. The van der Waals surface area contributed by atoms with Crippen LogP contribution in [0.1, 0.15) is 30.6 Å². The molecule has 0 fully saturated rings. The number of para-hydroxylation sites is 1. The van der Waals surface area contributed by atoms with Gasteiger partial charge in [0.15, 0.2) is 0 Å². The second-order valence-electron chi connectivity index (χ2n) is 6.20. The fourth-order valence-electron chi connectivity index (χ4n) is 2.76. The van der Waals surface area contributed by atoms with Crippen molar-refractivity contribution in [2.45, 2.75) is 13.3 Å². The number of amides is 2. The number of rotatable bonds is 6. The predicted octanol–water partition coefficient (Wildman–Crippen LogP) is 4.10. The average Bonchev–Trinajstić information content (AvgIpc) is 3.36. The molecular formula is C20H21N3O2S2. The minimum Gasteiger partial charge on any atom is -0.341 e. The number of carbonyl (C=O) groups is 2. The first-order chi connectivity index (χ1) is 13.0. The van der Waals surface area contributed by atoms with E-state index >= 15 is 0 Å². The number of aryl methyl sites for hydroxylation is 1. The van der Waals surface area contributed by atoms with E-state index in [9.17, 15) is 9.59 Å². The van der Waals surface area contributed by atoms with E-state index in [2.05, 4.69) is 4.98 Å². The predicted molar refractivity (Wildman–Crippen MR) is 111 cm³/mol. The third kappa shape index (κ3) is 4.26. The number of aromatic nitrogens is 1. The first kappa shape index (κ1) is 19.3. The van der Waals surface area contributed by atoms with E-state index in [0.29, 0.717) is 22.7 Å². The van der Waals surface area contributed by atoms with E-state index in [1.54, 1.807) is 53.4 Å². The van der Waals surface area contributed by atoms with Crippen molar-refractivity contribution < 1.29 is 9.59 Å². The van der Waals surface area contributed by atoms with E-state index in [4.69, 9.17) is 0 Å². The van der Waals surface area contributed by atoms with Crippen molar-refractivity contribution in [3.05, 3.63) is 68.3 Å². The van der Waals surface area contributed by atoms with Crippen LogP contribution in [0.4, 0.5) is 5.69 Å². The Bertz CT molecular complexity index is 934. The van der Waals surface area contributed by atoms with E-state index in [1.165, 1.54) is 16.2 Å². The van der Waals surface area contributed by atoms with Gasteiger partial charge in [0.25, 0.3) is 11.8 Å². The molecule has 0 aliphatic heterocycles. The maximum Gasteiger partial charge on any atom is 0.268 e. The average molecular weight is 400 g/mol. The summed E-state index contributed by atoms with van der Waals surface area (Å²) >= 11 is 3.00. The number of thiophene rings is 1. The molecule has 140 valence electrons. The van der Waals surface area contributed by atoms with Crippen molar-refractivity contribution in [3.8, 4) is 0 Å². The Kier molecular flexibility index (Phi) is 6.03. The molecule has 0 radical (unpaired) electrons. The standard InChI is InChI=1S/C20H21N3O2S2/c1-14-17(27-13-21-14)10-11-22(2)19(24)15-7-4-5-8-16(15)23(3)20(25)18-9-6-12-26-18/h4-9,12-13H,10-11H2,1-3H3. The second-order valence-corrected chi connectivity index (χ2v) is 8.08. The van der Waals surface area contributed by atoms with E-state index in [1.807, 2.05) is 36.0 Å². The van der Waals surface area contributed by atoms with Gasteiger partial charge in [0.1, 0.15) is 0 Å². The van der Waals surface area contributed by atoms with Crippen LogP contribution in [0.5, 0.6) is 0 Å². The second kappa shape index (κ2) is 8.45. The molecule has 1 aromatic carbocycles. The lowest BCUT2D eigenvalue weighted by Crippen LogP contribution is -2.32. The molecule has 3 rings (SSSR count). The van der Waals surface area contributed by atoms with Crippen molar-refractivity contribution in [1.82, 2.24) is 9.88 Å². The Morgan fingerprint density at radius 2 is 1.81 bits per heavy atom. The number of carbonyl (C=O) groups excluding carboxylic acids is 2. The summed E-state index contributed by atoms with van der Waals surface area (Å²) in [6.07, 6.45) is 0.769. The Balaban J connectivity index is 1.77. The van der Waals surface area contributed by atoms with Crippen LogP contribution in [0.2, 0.25) is 0 Å². The van der Waals surface area contributed by atoms with Gasteiger partial charge in [-0.25, -0.2) is 4.98 Å². The van der Waals surface area contributed by atoms with Crippen LogP contribution < -0.4 is 4.90 Å². The molecule has 2 heterocycles. The highest BCUT2D eigenvalue weighted by atomic mass is 32.1. The zero-order valence-corrected chi connectivity index (χ0v) is 17.1. The fraction of sp³-hybridized carbons (Fsp3) is 0.250. The van der Waals surface area contributed by atoms with Gasteiger partial charge in [-0.2, -0.15) is 0 Å². The maximum absolute atomic E-state index is 13.0. The van der Waals surface area contributed by atoms with Crippen LogP contribution >= 0.6 is 22.7 Å². The molecule has 3 aromatic rings. The highest BCUT2D eigenvalue weighted by Crippen LogP contribution is 2.24. The Morgan fingerprint density at radius 3 is 2.48 bits per heavy atom. The third-order valence-electron chi connectivity index (χ3n) is 4.40. The number of hydrogen-bond donors (Lipinski definition) is 0. The van der Waals surface area contributed by atoms with Crippen molar-refractivity contribution in [2.24, 2.45) is 0 Å². The quantitative estimate of drug-likeness (QED) is 0.627. The summed E-state index contributed by atoms with van der Waals surface area (Å²) in [5.41, 5.74) is 3.98. The van der Waals surface area contributed by atoms with Gasteiger partial charge < -0.3 is 9.80 Å². The van der Waals surface area contributed by atoms with Gasteiger partial charge in [-0.05, 0) is 30.5 Å². The van der Waals surface area contributed by atoms with Gasteiger partial charge in [0.2, 0.25) is 0 Å². The van der Waals surface area contributed by atoms with Gasteiger partial charge in [0.05, 0.1) is 27.3 Å². The van der Waals surface area contributed by atoms with Gasteiger partial charge in [-0.1, -0.05) is 18.2 Å². The van der Waals surface area contributed by atoms with Crippen molar-refractivity contribution in [3.63, 3.8) is 0 Å². The number of likely N-dealkylation sites (N-methyl/N-ethyl adjacent to an activating group) is 1. The van der Waals surface area contributed by atoms with Crippen LogP contribution in [-0.4, -0.2) is 42.3 Å². The molecule has 0 bridgehead atoms. The molecule has 0 aliphatic carbocycles. The molecule has 0 atom stereocenters. The minimum absolute atomic E-state index is 0.0985. The number of anilines is 1. The lowest BCUT2D eigenvalue weighted by atomic mass is 10.1. The highest BCUT2D eigenvalue weighted by molar-refractivity contribution is 7.12. The number of hydrogen-bond acceptors (Lipinski definition) is 5. The molecule has 7 heteroatoms. The topological polar surface area (TPSA) is 53.5 Å². The van der Waals surface area contributed by atoms with Crippen LogP contribution in [0, 0.1) is 6.92 Å². The summed E-state index contributed by atoms with van der Waals surface area (Å²) in [7, 11) is 3.49. The fourth-order valence-corrected chi connectivity index (χ4v) is 4.23. The molecule has 2 aromatic heterocycles. The van der Waals surface area contributed by atoms with Crippen LogP contribution in [0.15, 0.2) is 47.3 Å². The highest BCUT2D eigenvalue weighted by Gasteiger charge is 2.22. The lowest BCUT2D eigenvalue weighted by Gasteiger charge is -2.23. The molecule has 0 unspecified atom stereocenters. The summed E-state index contributed by atoms with van der Waals surface area (Å²) in [5, 5.41) is 1.87. The summed E-state index contributed by atoms with van der Waals surface area (Å²) < 4.78 is 0. The monoisotopic (exact) mass is 399 g/mol. The van der Waals surface area contributed by atoms with Crippen LogP contribution in [0.25, 0.3) is 0 Å². The summed E-state index contributed by atoms with van der Waals surface area (Å²) in [5.74, 6) is -0.216. The maximum atomic E-state index is 13.0. The first-order valence-electron chi connectivity index (χ1n) is 8.54. The Labute approximate surface area is 166 Å². The molecule has 0 saturated heterocycles. The molecule has 0 spiro atoms. The van der Waals surface area contributed by atoms with Crippen molar-refractivity contribution in [1.29, 1.82) is 0 Å². The smallest absolute Gasteiger partial charge is 0.268 e. The zero-order chi connectivity index (χ0) is 19.4. The van der Waals surface area contributed by atoms with E-state index in [0.717, 1.165) is 12.1 Å². The molecule has 0 aliphatic rings. The number of benzene rings is 1. The summed E-state index contributed by atoms with van der Waals surface area (Å²) in [6.45, 7) is 2.58. The zero-order valence-electron chi connectivity index (χ0n) is 15.5. The van der Waals surface area contributed by atoms with E-state index in [-0.39, 0.29) is 11.8 Å². The van der Waals surface area contributed by atoms with E-state index < -0.39 is 0 Å². The van der Waals surface area contributed by atoms with Crippen molar-refractivity contribution >= 4 is 40.2 Å². The first-order valence-corrected chi connectivity index (χ1v) is 10.3. The van der Waals surface area contributed by atoms with Crippen LogP contribution in [0.3, 0.4) is 0 Å². The summed E-state index contributed by atoms with van der Waals surface area (Å²) in [6, 6.07) is 10.9.